The number of pyridine rings is 1. The standard InChI is InChI=1S/C22H17FN4O2/c23-17-11-5-4-8-15(17)14-24-21(28)19-18-12-6-7-13-27(18)20(26-19)22(29)25-16-9-2-1-3-10-16/h1-13H,14H2,(H,24,28)(H,25,29). The average molecular weight is 388 g/mol. The van der Waals surface area contributed by atoms with E-state index in [1.807, 2.05) is 6.07 Å². The van der Waals surface area contributed by atoms with Gasteiger partial charge in [0, 0.05) is 24.0 Å². The van der Waals surface area contributed by atoms with Crippen LogP contribution in [0.4, 0.5) is 10.1 Å². The largest absolute Gasteiger partial charge is 0.346 e. The fraction of sp³-hybridized carbons (Fsp3) is 0.0455. The van der Waals surface area contributed by atoms with Crippen molar-refractivity contribution in [1.82, 2.24) is 14.7 Å². The zero-order chi connectivity index (χ0) is 20.2. The molecule has 7 heteroatoms. The molecular formula is C22H17FN4O2. The fourth-order valence-electron chi connectivity index (χ4n) is 2.97. The molecule has 2 N–H and O–H groups in total. The summed E-state index contributed by atoms with van der Waals surface area (Å²) in [5.74, 6) is -1.24. The lowest BCUT2D eigenvalue weighted by molar-refractivity contribution is 0.0948. The number of para-hydroxylation sites is 1. The van der Waals surface area contributed by atoms with Crippen LogP contribution in [0.2, 0.25) is 0 Å². The smallest absolute Gasteiger partial charge is 0.292 e. The van der Waals surface area contributed by atoms with Gasteiger partial charge < -0.3 is 10.6 Å². The van der Waals surface area contributed by atoms with E-state index in [1.165, 1.54) is 6.07 Å². The summed E-state index contributed by atoms with van der Waals surface area (Å²) < 4.78 is 15.3. The molecule has 0 saturated heterocycles. The highest BCUT2D eigenvalue weighted by Gasteiger charge is 2.21. The van der Waals surface area contributed by atoms with Crippen LogP contribution in [0, 0.1) is 5.82 Å². The minimum Gasteiger partial charge on any atom is -0.346 e. The second-order valence-electron chi connectivity index (χ2n) is 6.33. The number of fused-ring (bicyclic) bond motifs is 1. The van der Waals surface area contributed by atoms with Crippen LogP contribution >= 0.6 is 0 Å². The third-order valence-electron chi connectivity index (χ3n) is 4.40. The summed E-state index contributed by atoms with van der Waals surface area (Å²) in [5.41, 5.74) is 1.57. The Morgan fingerprint density at radius 3 is 2.41 bits per heavy atom. The Hall–Kier alpha value is -4.00. The minimum absolute atomic E-state index is 0.0168. The van der Waals surface area contributed by atoms with Gasteiger partial charge in [-0.15, -0.1) is 0 Å². The van der Waals surface area contributed by atoms with Gasteiger partial charge in [0.1, 0.15) is 5.82 Å². The number of anilines is 1. The maximum absolute atomic E-state index is 13.8. The lowest BCUT2D eigenvalue weighted by Crippen LogP contribution is -2.24. The maximum Gasteiger partial charge on any atom is 0.292 e. The number of halogens is 1. The van der Waals surface area contributed by atoms with Crippen molar-refractivity contribution in [3.63, 3.8) is 0 Å². The third-order valence-corrected chi connectivity index (χ3v) is 4.40. The van der Waals surface area contributed by atoms with Gasteiger partial charge in [-0.3, -0.25) is 14.0 Å². The number of imidazole rings is 1. The first-order chi connectivity index (χ1) is 14.1. The molecule has 4 rings (SSSR count). The van der Waals surface area contributed by atoms with E-state index in [9.17, 15) is 14.0 Å². The number of hydrogen-bond donors (Lipinski definition) is 2. The first kappa shape index (κ1) is 18.4. The summed E-state index contributed by atoms with van der Waals surface area (Å²) in [5, 5.41) is 5.43. The highest BCUT2D eigenvalue weighted by Crippen LogP contribution is 2.16. The zero-order valence-electron chi connectivity index (χ0n) is 15.3. The number of nitrogens with zero attached hydrogens (tertiary/aromatic N) is 2. The number of amides is 2. The van der Waals surface area contributed by atoms with Crippen LogP contribution in [0.25, 0.3) is 5.52 Å². The highest BCUT2D eigenvalue weighted by atomic mass is 19.1. The van der Waals surface area contributed by atoms with Gasteiger partial charge in [-0.25, -0.2) is 9.37 Å². The minimum atomic E-state index is -0.490. The number of carbonyl (C=O) groups is 2. The SMILES string of the molecule is O=C(NCc1ccccc1F)c1nc(C(=O)Nc2ccccc2)n2ccccc12. The summed E-state index contributed by atoms with van der Waals surface area (Å²) in [6.45, 7) is 0.0168. The molecule has 2 aromatic carbocycles. The molecule has 0 radical (unpaired) electrons. The lowest BCUT2D eigenvalue weighted by Gasteiger charge is -2.05. The quantitative estimate of drug-likeness (QED) is 0.548. The van der Waals surface area contributed by atoms with Gasteiger partial charge >= 0.3 is 0 Å². The van der Waals surface area contributed by atoms with E-state index in [-0.39, 0.29) is 18.1 Å². The van der Waals surface area contributed by atoms with E-state index in [1.54, 1.807) is 71.3 Å². The molecule has 0 bridgehead atoms. The van der Waals surface area contributed by atoms with E-state index in [4.69, 9.17) is 0 Å². The summed E-state index contributed by atoms with van der Waals surface area (Å²) in [7, 11) is 0. The average Bonchev–Trinajstić information content (AvgIpc) is 3.14. The second kappa shape index (κ2) is 7.93. The summed E-state index contributed by atoms with van der Waals surface area (Å²) >= 11 is 0. The van der Waals surface area contributed by atoms with Crippen molar-refractivity contribution in [2.75, 3.05) is 5.32 Å². The van der Waals surface area contributed by atoms with Crippen LogP contribution < -0.4 is 10.6 Å². The Kier molecular flexibility index (Phi) is 5.03. The van der Waals surface area contributed by atoms with E-state index >= 15 is 0 Å². The molecule has 144 valence electrons. The molecule has 0 spiro atoms. The molecule has 0 fully saturated rings. The molecular weight excluding hydrogens is 371 g/mol. The normalized spacial score (nSPS) is 10.7. The molecule has 0 saturated carbocycles. The number of carbonyl (C=O) groups excluding carboxylic acids is 2. The molecule has 29 heavy (non-hydrogen) atoms. The van der Waals surface area contributed by atoms with Crippen molar-refractivity contribution in [3.8, 4) is 0 Å². The lowest BCUT2D eigenvalue weighted by atomic mass is 10.2. The number of rotatable bonds is 5. The maximum atomic E-state index is 13.8. The molecule has 0 aliphatic rings. The predicted molar refractivity (Wildman–Crippen MR) is 107 cm³/mol. The first-order valence-electron chi connectivity index (χ1n) is 8.98. The van der Waals surface area contributed by atoms with Crippen LogP contribution in [0.1, 0.15) is 26.7 Å². The molecule has 2 amide bonds. The van der Waals surface area contributed by atoms with Crippen LogP contribution in [0.5, 0.6) is 0 Å². The monoisotopic (exact) mass is 388 g/mol. The highest BCUT2D eigenvalue weighted by molar-refractivity contribution is 6.06. The molecule has 0 aliphatic carbocycles. The first-order valence-corrected chi connectivity index (χ1v) is 8.98. The Labute approximate surface area is 166 Å². The third kappa shape index (κ3) is 3.84. The van der Waals surface area contributed by atoms with E-state index in [0.717, 1.165) is 0 Å². The summed E-state index contributed by atoms with van der Waals surface area (Å²) in [6.07, 6.45) is 1.66. The number of nitrogens with one attached hydrogen (secondary N) is 2. The summed E-state index contributed by atoms with van der Waals surface area (Å²) in [6, 6.07) is 20.4. The zero-order valence-corrected chi connectivity index (χ0v) is 15.3. The molecule has 2 heterocycles. The van der Waals surface area contributed by atoms with Gasteiger partial charge in [0.15, 0.2) is 5.69 Å². The molecule has 0 aliphatic heterocycles. The van der Waals surface area contributed by atoms with Crippen molar-refractivity contribution in [2.24, 2.45) is 0 Å². The second-order valence-corrected chi connectivity index (χ2v) is 6.33. The van der Waals surface area contributed by atoms with Gasteiger partial charge in [-0.05, 0) is 30.3 Å². The molecule has 2 aromatic heterocycles. The summed E-state index contributed by atoms with van der Waals surface area (Å²) in [4.78, 5) is 29.7. The predicted octanol–water partition coefficient (Wildman–Crippen LogP) is 3.66. The molecule has 0 unspecified atom stereocenters. The van der Waals surface area contributed by atoms with Crippen LogP contribution in [0.3, 0.4) is 0 Å². The molecule has 6 nitrogen and oxygen atoms in total. The van der Waals surface area contributed by atoms with Crippen molar-refractivity contribution >= 4 is 23.0 Å². The van der Waals surface area contributed by atoms with Gasteiger partial charge in [-0.1, -0.05) is 42.5 Å². The van der Waals surface area contributed by atoms with Crippen LogP contribution in [-0.4, -0.2) is 21.2 Å². The molecule has 0 atom stereocenters. The van der Waals surface area contributed by atoms with Crippen LogP contribution in [0.15, 0.2) is 79.0 Å². The Morgan fingerprint density at radius 2 is 1.62 bits per heavy atom. The van der Waals surface area contributed by atoms with Crippen molar-refractivity contribution < 1.29 is 14.0 Å². The van der Waals surface area contributed by atoms with Crippen LogP contribution in [-0.2, 0) is 6.54 Å². The van der Waals surface area contributed by atoms with Crippen molar-refractivity contribution in [1.29, 1.82) is 0 Å². The Morgan fingerprint density at radius 1 is 0.897 bits per heavy atom. The Bertz CT molecular complexity index is 1190. The van der Waals surface area contributed by atoms with Gasteiger partial charge in [0.25, 0.3) is 11.8 Å². The fourth-order valence-corrected chi connectivity index (χ4v) is 2.97. The van der Waals surface area contributed by atoms with Gasteiger partial charge in [-0.2, -0.15) is 0 Å². The number of hydrogen-bond acceptors (Lipinski definition) is 3. The number of aromatic nitrogens is 2. The van der Waals surface area contributed by atoms with Crippen molar-refractivity contribution in [2.45, 2.75) is 6.54 Å². The van der Waals surface area contributed by atoms with E-state index < -0.39 is 17.6 Å². The van der Waals surface area contributed by atoms with Gasteiger partial charge in [0.2, 0.25) is 5.82 Å². The van der Waals surface area contributed by atoms with E-state index in [2.05, 4.69) is 15.6 Å². The van der Waals surface area contributed by atoms with Crippen molar-refractivity contribution in [3.05, 3.63) is 102 Å². The van der Waals surface area contributed by atoms with Gasteiger partial charge in [0.05, 0.1) is 5.52 Å². The molecule has 4 aromatic rings. The topological polar surface area (TPSA) is 75.5 Å². The Balaban J connectivity index is 1.61. The van der Waals surface area contributed by atoms with E-state index in [0.29, 0.717) is 16.8 Å². The number of benzene rings is 2.